The van der Waals surface area contributed by atoms with Crippen molar-refractivity contribution in [2.75, 3.05) is 0 Å². The van der Waals surface area contributed by atoms with Crippen LogP contribution in [-0.4, -0.2) is 19.1 Å². The van der Waals surface area contributed by atoms with Crippen LogP contribution in [0.15, 0.2) is 170 Å². The standard InChI is InChI=1S/C53H48N4/c1-8-35(44-34-45(36-19-11-9-12-20-36)55-51(54-44)37-21-13-10-14-22-37)31-50(56-46-25-17-15-23-40(46)41-24-16-18-26-47(41)56)57-48-29-27-38(52(2,3)4)32-42(48)43-33-39(53(5,6)7)28-30-49(43)57/h8-34,50H,1H2,2-7H3/b35-31+. The number of hydrogen-bond acceptors (Lipinski definition) is 2. The Balaban J connectivity index is 1.39. The van der Waals surface area contributed by atoms with Gasteiger partial charge in [-0.15, -0.1) is 0 Å². The molecule has 9 rings (SSSR count). The lowest BCUT2D eigenvalue weighted by atomic mass is 9.85. The maximum atomic E-state index is 5.27. The number of allylic oxidation sites excluding steroid dienone is 3. The van der Waals surface area contributed by atoms with Gasteiger partial charge in [0.15, 0.2) is 5.82 Å². The molecule has 280 valence electrons. The van der Waals surface area contributed by atoms with Crippen molar-refractivity contribution < 1.29 is 0 Å². The molecule has 9 aromatic rings. The first-order chi connectivity index (χ1) is 27.5. The number of nitrogens with zero attached hydrogens (tertiary/aromatic N) is 4. The quantitative estimate of drug-likeness (QED) is 0.153. The zero-order valence-corrected chi connectivity index (χ0v) is 33.7. The van der Waals surface area contributed by atoms with Gasteiger partial charge in [0.25, 0.3) is 0 Å². The summed E-state index contributed by atoms with van der Waals surface area (Å²) in [6.45, 7) is 18.2. The van der Waals surface area contributed by atoms with Crippen LogP contribution >= 0.6 is 0 Å². The summed E-state index contributed by atoms with van der Waals surface area (Å²) < 4.78 is 5.03. The van der Waals surface area contributed by atoms with Crippen LogP contribution in [0, 0.1) is 0 Å². The third-order valence-electron chi connectivity index (χ3n) is 11.4. The lowest BCUT2D eigenvalue weighted by Crippen LogP contribution is -2.17. The van der Waals surface area contributed by atoms with Crippen LogP contribution in [0.25, 0.3) is 71.8 Å². The Bertz CT molecular complexity index is 2800. The molecular formula is C53H48N4. The smallest absolute Gasteiger partial charge is 0.160 e. The van der Waals surface area contributed by atoms with Gasteiger partial charge in [-0.1, -0.05) is 163 Å². The van der Waals surface area contributed by atoms with Crippen LogP contribution in [0.2, 0.25) is 0 Å². The number of para-hydroxylation sites is 2. The Morgan fingerprint density at radius 2 is 0.965 bits per heavy atom. The van der Waals surface area contributed by atoms with E-state index in [9.17, 15) is 0 Å². The summed E-state index contributed by atoms with van der Waals surface area (Å²) in [5.74, 6) is 0.675. The molecule has 0 N–H and O–H groups in total. The van der Waals surface area contributed by atoms with Gasteiger partial charge in [-0.3, -0.25) is 0 Å². The van der Waals surface area contributed by atoms with Crippen LogP contribution < -0.4 is 0 Å². The van der Waals surface area contributed by atoms with Crippen LogP contribution in [0.4, 0.5) is 0 Å². The van der Waals surface area contributed by atoms with Gasteiger partial charge < -0.3 is 9.13 Å². The molecule has 1 atom stereocenters. The van der Waals surface area contributed by atoms with Gasteiger partial charge in [-0.25, -0.2) is 9.97 Å². The average Bonchev–Trinajstić information content (AvgIpc) is 3.73. The second-order valence-corrected chi connectivity index (χ2v) is 17.2. The molecular weight excluding hydrogens is 693 g/mol. The largest absolute Gasteiger partial charge is 0.315 e. The molecule has 0 fully saturated rings. The molecule has 0 bridgehead atoms. The van der Waals surface area contributed by atoms with Crippen molar-refractivity contribution in [2.24, 2.45) is 0 Å². The van der Waals surface area contributed by atoms with Crippen molar-refractivity contribution in [3.8, 4) is 22.6 Å². The zero-order valence-electron chi connectivity index (χ0n) is 33.7. The summed E-state index contributed by atoms with van der Waals surface area (Å²) in [5.41, 5.74) is 11.9. The summed E-state index contributed by atoms with van der Waals surface area (Å²) in [5, 5.41) is 4.94. The predicted octanol–water partition coefficient (Wildman–Crippen LogP) is 13.9. The molecule has 4 nitrogen and oxygen atoms in total. The molecule has 0 spiro atoms. The molecule has 0 aliphatic rings. The van der Waals surface area contributed by atoms with Gasteiger partial charge in [0.2, 0.25) is 0 Å². The highest BCUT2D eigenvalue weighted by atomic mass is 15.2. The van der Waals surface area contributed by atoms with E-state index >= 15 is 0 Å². The monoisotopic (exact) mass is 740 g/mol. The lowest BCUT2D eigenvalue weighted by molar-refractivity contribution is 0.580. The maximum absolute atomic E-state index is 5.27. The lowest BCUT2D eigenvalue weighted by Gasteiger charge is -2.25. The van der Waals surface area contributed by atoms with Crippen LogP contribution in [0.1, 0.15) is 64.5 Å². The van der Waals surface area contributed by atoms with Crippen LogP contribution in [-0.2, 0) is 10.8 Å². The minimum atomic E-state index is -0.306. The SMILES string of the molecule is C=C/C(=C\C(n1c2ccccc2c2ccccc21)n1c2ccc(C(C)(C)C)cc2c2cc(C(C)(C)C)ccc21)c1cc(-c2ccccc2)nc(-c2ccccc2)n1. The molecule has 4 heteroatoms. The van der Waals surface area contributed by atoms with E-state index in [1.165, 1.54) is 43.7 Å². The van der Waals surface area contributed by atoms with Gasteiger partial charge in [-0.2, -0.15) is 0 Å². The second-order valence-electron chi connectivity index (χ2n) is 17.2. The second kappa shape index (κ2) is 13.9. The molecule has 57 heavy (non-hydrogen) atoms. The highest BCUT2D eigenvalue weighted by Gasteiger charge is 2.26. The van der Waals surface area contributed by atoms with Crippen LogP contribution in [0.5, 0.6) is 0 Å². The van der Waals surface area contributed by atoms with Gasteiger partial charge in [0.1, 0.15) is 6.17 Å². The third-order valence-corrected chi connectivity index (χ3v) is 11.4. The van der Waals surface area contributed by atoms with Crippen molar-refractivity contribution in [1.82, 2.24) is 19.1 Å². The molecule has 0 aliphatic carbocycles. The Labute approximate surface area is 335 Å². The first-order valence-electron chi connectivity index (χ1n) is 19.9. The minimum absolute atomic E-state index is 0.00761. The summed E-state index contributed by atoms with van der Waals surface area (Å²) in [6.07, 6.45) is 4.00. The van der Waals surface area contributed by atoms with E-state index in [1.807, 2.05) is 30.3 Å². The maximum Gasteiger partial charge on any atom is 0.160 e. The third kappa shape index (κ3) is 6.45. The van der Waals surface area contributed by atoms with E-state index in [4.69, 9.17) is 9.97 Å². The Morgan fingerprint density at radius 1 is 0.509 bits per heavy atom. The Hall–Kier alpha value is -6.52. The van der Waals surface area contributed by atoms with E-state index in [0.717, 1.165) is 39.1 Å². The number of hydrogen-bond donors (Lipinski definition) is 0. The highest BCUT2D eigenvalue weighted by Crippen LogP contribution is 2.42. The molecule has 3 heterocycles. The fourth-order valence-electron chi connectivity index (χ4n) is 8.26. The molecule has 6 aromatic carbocycles. The first kappa shape index (κ1) is 36.1. The number of benzene rings is 6. The van der Waals surface area contributed by atoms with E-state index in [1.54, 1.807) is 0 Å². The summed E-state index contributed by atoms with van der Waals surface area (Å²) in [6, 6.07) is 54.4. The molecule has 0 aliphatic heterocycles. The van der Waals surface area contributed by atoms with E-state index in [-0.39, 0.29) is 17.0 Å². The van der Waals surface area contributed by atoms with Crippen molar-refractivity contribution in [2.45, 2.75) is 58.5 Å². The number of aromatic nitrogens is 4. The predicted molar refractivity (Wildman–Crippen MR) is 242 cm³/mol. The summed E-state index contributed by atoms with van der Waals surface area (Å²) >= 11 is 0. The first-order valence-corrected chi connectivity index (χ1v) is 19.9. The van der Waals surface area contributed by atoms with Gasteiger partial charge in [0.05, 0.1) is 33.5 Å². The average molecular weight is 741 g/mol. The van der Waals surface area contributed by atoms with Gasteiger partial charge in [0, 0.05) is 32.7 Å². The molecule has 1 unspecified atom stereocenters. The highest BCUT2D eigenvalue weighted by molar-refractivity contribution is 6.10. The summed E-state index contributed by atoms with van der Waals surface area (Å²) in [7, 11) is 0. The molecule has 0 radical (unpaired) electrons. The molecule has 3 aromatic heterocycles. The van der Waals surface area contributed by atoms with Crippen molar-refractivity contribution in [1.29, 1.82) is 0 Å². The van der Waals surface area contributed by atoms with E-state index in [0.29, 0.717) is 5.82 Å². The normalized spacial score (nSPS) is 13.2. The summed E-state index contributed by atoms with van der Waals surface area (Å²) in [4.78, 5) is 10.4. The molecule has 0 amide bonds. The Morgan fingerprint density at radius 3 is 1.46 bits per heavy atom. The van der Waals surface area contributed by atoms with E-state index in [2.05, 4.69) is 191 Å². The molecule has 0 saturated carbocycles. The van der Waals surface area contributed by atoms with Crippen molar-refractivity contribution in [3.63, 3.8) is 0 Å². The van der Waals surface area contributed by atoms with Crippen molar-refractivity contribution in [3.05, 3.63) is 187 Å². The zero-order chi connectivity index (χ0) is 39.5. The van der Waals surface area contributed by atoms with Crippen LogP contribution in [0.3, 0.4) is 0 Å². The number of rotatable bonds is 7. The minimum Gasteiger partial charge on any atom is -0.315 e. The number of fused-ring (bicyclic) bond motifs is 6. The Kier molecular flexibility index (Phi) is 8.81. The fourth-order valence-corrected chi connectivity index (χ4v) is 8.26. The fraction of sp³-hybridized carbons (Fsp3) is 0.170. The topological polar surface area (TPSA) is 35.6 Å². The van der Waals surface area contributed by atoms with Gasteiger partial charge in [-0.05, 0) is 76.1 Å². The molecule has 0 saturated heterocycles. The van der Waals surface area contributed by atoms with Gasteiger partial charge >= 0.3 is 0 Å². The van der Waals surface area contributed by atoms with Crippen molar-refractivity contribution >= 4 is 49.2 Å². The van der Waals surface area contributed by atoms with E-state index < -0.39 is 0 Å².